The van der Waals surface area contributed by atoms with E-state index < -0.39 is 17.5 Å². The second kappa shape index (κ2) is 6.12. The van der Waals surface area contributed by atoms with Gasteiger partial charge in [0.1, 0.15) is 11.4 Å². The largest absolute Gasteiger partial charge is 0.324 e. The lowest BCUT2D eigenvalue weighted by molar-refractivity contribution is -0.116. The summed E-state index contributed by atoms with van der Waals surface area (Å²) in [4.78, 5) is 30.4. The van der Waals surface area contributed by atoms with Crippen molar-refractivity contribution < 1.29 is 13.6 Å². The minimum Gasteiger partial charge on any atom is -0.324 e. The molecule has 0 radical (unpaired) electrons. The van der Waals surface area contributed by atoms with E-state index in [-0.39, 0.29) is 17.8 Å². The van der Waals surface area contributed by atoms with E-state index in [9.17, 15) is 18.4 Å². The highest BCUT2D eigenvalue weighted by atomic mass is 32.1. The van der Waals surface area contributed by atoms with Gasteiger partial charge in [-0.3, -0.25) is 14.2 Å². The molecule has 0 aliphatic rings. The van der Waals surface area contributed by atoms with E-state index in [4.69, 9.17) is 0 Å². The maximum Gasteiger partial charge on any atom is 0.262 e. The summed E-state index contributed by atoms with van der Waals surface area (Å²) in [5, 5.41) is 2.92. The summed E-state index contributed by atoms with van der Waals surface area (Å²) in [6, 6.07) is 3.04. The zero-order chi connectivity index (χ0) is 17.4. The third kappa shape index (κ3) is 2.92. The quantitative estimate of drug-likeness (QED) is 0.791. The van der Waals surface area contributed by atoms with Gasteiger partial charge in [-0.05, 0) is 31.5 Å². The van der Waals surface area contributed by atoms with Gasteiger partial charge >= 0.3 is 0 Å². The molecule has 1 amide bonds. The fourth-order valence-electron chi connectivity index (χ4n) is 2.31. The highest BCUT2D eigenvalue weighted by molar-refractivity contribution is 7.18. The summed E-state index contributed by atoms with van der Waals surface area (Å²) in [7, 11) is 0. The van der Waals surface area contributed by atoms with Crippen LogP contribution < -0.4 is 10.9 Å². The van der Waals surface area contributed by atoms with Crippen molar-refractivity contribution in [1.82, 2.24) is 9.55 Å². The van der Waals surface area contributed by atoms with Crippen LogP contribution in [0.25, 0.3) is 10.2 Å². The van der Waals surface area contributed by atoms with Crippen molar-refractivity contribution in [2.45, 2.75) is 20.4 Å². The molecule has 3 aromatic rings. The maximum atomic E-state index is 13.2. The van der Waals surface area contributed by atoms with Gasteiger partial charge in [-0.25, -0.2) is 13.8 Å². The van der Waals surface area contributed by atoms with Gasteiger partial charge in [0.25, 0.3) is 5.56 Å². The number of thiophene rings is 1. The lowest BCUT2D eigenvalue weighted by atomic mass is 10.2. The fourth-order valence-corrected chi connectivity index (χ4v) is 3.30. The molecule has 0 saturated heterocycles. The number of aromatic nitrogens is 2. The lowest BCUT2D eigenvalue weighted by Gasteiger charge is -2.07. The van der Waals surface area contributed by atoms with Gasteiger partial charge in [-0.2, -0.15) is 0 Å². The van der Waals surface area contributed by atoms with Crippen LogP contribution in [0.4, 0.5) is 14.5 Å². The summed E-state index contributed by atoms with van der Waals surface area (Å²) in [6.07, 6.45) is 1.31. The molecular weight excluding hydrogens is 336 g/mol. The van der Waals surface area contributed by atoms with E-state index in [1.165, 1.54) is 28.3 Å². The molecule has 0 aliphatic heterocycles. The summed E-state index contributed by atoms with van der Waals surface area (Å²) < 4.78 is 27.2. The monoisotopic (exact) mass is 349 g/mol. The van der Waals surface area contributed by atoms with Crippen LogP contribution in [-0.4, -0.2) is 15.5 Å². The number of nitrogens with zero attached hydrogens (tertiary/aromatic N) is 2. The molecule has 0 saturated carbocycles. The molecule has 8 heteroatoms. The molecule has 0 unspecified atom stereocenters. The minimum absolute atomic E-state index is 0.114. The Balaban J connectivity index is 1.85. The number of hydrogen-bond acceptors (Lipinski definition) is 4. The Kier molecular flexibility index (Phi) is 4.15. The molecule has 2 aromatic heterocycles. The first-order valence-corrected chi connectivity index (χ1v) is 7.88. The van der Waals surface area contributed by atoms with Crippen molar-refractivity contribution in [1.29, 1.82) is 0 Å². The van der Waals surface area contributed by atoms with E-state index >= 15 is 0 Å². The smallest absolute Gasteiger partial charge is 0.262 e. The summed E-state index contributed by atoms with van der Waals surface area (Å²) in [5.41, 5.74) is 0.661. The van der Waals surface area contributed by atoms with Crippen molar-refractivity contribution in [2.75, 3.05) is 5.32 Å². The van der Waals surface area contributed by atoms with E-state index in [2.05, 4.69) is 10.3 Å². The SMILES string of the molecule is Cc1sc2ncn(CC(=O)Nc3ccc(F)c(F)c3)c(=O)c2c1C. The van der Waals surface area contributed by atoms with Crippen LogP contribution in [-0.2, 0) is 11.3 Å². The van der Waals surface area contributed by atoms with Crippen LogP contribution in [0.5, 0.6) is 0 Å². The molecule has 3 rings (SSSR count). The number of anilines is 1. The standard InChI is InChI=1S/C16H13F2N3O2S/c1-8-9(2)24-15-14(8)16(23)21(7-19-15)6-13(22)20-10-3-4-11(17)12(18)5-10/h3-5,7H,6H2,1-2H3,(H,20,22). The first-order valence-electron chi connectivity index (χ1n) is 7.07. The zero-order valence-electron chi connectivity index (χ0n) is 12.9. The Morgan fingerprint density at radius 3 is 2.75 bits per heavy atom. The summed E-state index contributed by atoms with van der Waals surface area (Å²) >= 11 is 1.42. The van der Waals surface area contributed by atoms with Crippen LogP contribution in [0, 0.1) is 25.5 Å². The molecule has 0 atom stereocenters. The molecule has 24 heavy (non-hydrogen) atoms. The Morgan fingerprint density at radius 1 is 1.29 bits per heavy atom. The molecule has 0 bridgehead atoms. The zero-order valence-corrected chi connectivity index (χ0v) is 13.7. The van der Waals surface area contributed by atoms with Crippen LogP contribution in [0.1, 0.15) is 10.4 Å². The first kappa shape index (κ1) is 16.3. The summed E-state index contributed by atoms with van der Waals surface area (Å²) in [6.45, 7) is 3.47. The van der Waals surface area contributed by atoms with E-state index in [1.54, 1.807) is 0 Å². The second-order valence-corrected chi connectivity index (χ2v) is 6.52. The molecule has 1 N–H and O–H groups in total. The number of hydrogen-bond donors (Lipinski definition) is 1. The minimum atomic E-state index is -1.06. The number of fused-ring (bicyclic) bond motifs is 1. The molecule has 0 spiro atoms. The number of amides is 1. The number of nitrogens with one attached hydrogen (secondary N) is 1. The number of benzene rings is 1. The van der Waals surface area contributed by atoms with Crippen LogP contribution >= 0.6 is 11.3 Å². The third-order valence-corrected chi connectivity index (χ3v) is 4.79. The molecule has 124 valence electrons. The van der Waals surface area contributed by atoms with Gasteiger partial charge in [-0.1, -0.05) is 0 Å². The Morgan fingerprint density at radius 2 is 2.04 bits per heavy atom. The number of halogens is 2. The average Bonchev–Trinajstić information content (AvgIpc) is 2.81. The second-order valence-electron chi connectivity index (χ2n) is 5.32. The predicted octanol–water partition coefficient (Wildman–Crippen LogP) is 2.99. The van der Waals surface area contributed by atoms with Crippen molar-refractivity contribution in [3.8, 4) is 0 Å². The Hall–Kier alpha value is -2.61. The van der Waals surface area contributed by atoms with E-state index in [0.29, 0.717) is 10.2 Å². The fraction of sp³-hybridized carbons (Fsp3) is 0.188. The van der Waals surface area contributed by atoms with Gasteiger partial charge in [-0.15, -0.1) is 11.3 Å². The predicted molar refractivity (Wildman–Crippen MR) is 88.3 cm³/mol. The third-order valence-electron chi connectivity index (χ3n) is 3.67. The molecule has 0 aliphatic carbocycles. The van der Waals surface area contributed by atoms with E-state index in [1.807, 2.05) is 13.8 Å². The Bertz CT molecular complexity index is 1010. The molecule has 2 heterocycles. The number of rotatable bonds is 3. The van der Waals surface area contributed by atoms with Crippen molar-refractivity contribution in [3.05, 3.63) is 57.0 Å². The molecule has 1 aromatic carbocycles. The average molecular weight is 349 g/mol. The molecular formula is C16H13F2N3O2S. The first-order chi connectivity index (χ1) is 11.4. The topological polar surface area (TPSA) is 64.0 Å². The summed E-state index contributed by atoms with van der Waals surface area (Å²) in [5.74, 6) is -2.59. The highest BCUT2D eigenvalue weighted by Crippen LogP contribution is 2.25. The van der Waals surface area contributed by atoms with E-state index in [0.717, 1.165) is 22.6 Å². The van der Waals surface area contributed by atoms with Gasteiger partial charge in [0, 0.05) is 16.6 Å². The molecule has 0 fully saturated rings. The van der Waals surface area contributed by atoms with Crippen molar-refractivity contribution in [2.24, 2.45) is 0 Å². The van der Waals surface area contributed by atoms with Gasteiger partial charge < -0.3 is 5.32 Å². The van der Waals surface area contributed by atoms with Gasteiger partial charge in [0.2, 0.25) is 5.91 Å². The normalized spacial score (nSPS) is 11.0. The highest BCUT2D eigenvalue weighted by Gasteiger charge is 2.14. The van der Waals surface area contributed by atoms with Crippen molar-refractivity contribution in [3.63, 3.8) is 0 Å². The number of carbonyl (C=O) groups is 1. The van der Waals surface area contributed by atoms with Crippen LogP contribution in [0.3, 0.4) is 0 Å². The van der Waals surface area contributed by atoms with Gasteiger partial charge in [0.05, 0.1) is 11.7 Å². The molecule has 5 nitrogen and oxygen atoms in total. The van der Waals surface area contributed by atoms with Crippen LogP contribution in [0.2, 0.25) is 0 Å². The number of carbonyl (C=O) groups excluding carboxylic acids is 1. The van der Waals surface area contributed by atoms with Crippen molar-refractivity contribution >= 4 is 33.1 Å². The lowest BCUT2D eigenvalue weighted by Crippen LogP contribution is -2.27. The van der Waals surface area contributed by atoms with Crippen LogP contribution in [0.15, 0.2) is 29.3 Å². The maximum absolute atomic E-state index is 13.2. The Labute approximate surface area is 139 Å². The number of aryl methyl sites for hydroxylation is 2. The van der Waals surface area contributed by atoms with Gasteiger partial charge in [0.15, 0.2) is 11.6 Å².